The highest BCUT2D eigenvalue weighted by Gasteiger charge is 2.45. The largest absolute Gasteiger partial charge is 0.463 e. The first-order valence-corrected chi connectivity index (χ1v) is 8.32. The number of rotatable bonds is 6. The Kier molecular flexibility index (Phi) is 5.63. The molecule has 10 nitrogen and oxygen atoms in total. The van der Waals surface area contributed by atoms with E-state index in [-0.39, 0.29) is 30.3 Å². The highest BCUT2D eigenvalue weighted by atomic mass is 16.5. The number of nitrogens with one attached hydrogen (secondary N) is 2. The summed E-state index contributed by atoms with van der Waals surface area (Å²) in [6.07, 6.45) is 0. The minimum atomic E-state index is -0.994. The maximum Gasteiger partial charge on any atom is 0.337 e. The number of esters is 1. The maximum atomic E-state index is 12.4. The number of imide groups is 2. The van der Waals surface area contributed by atoms with E-state index in [0.29, 0.717) is 0 Å². The second-order valence-electron chi connectivity index (χ2n) is 6.42. The van der Waals surface area contributed by atoms with Gasteiger partial charge in [0.15, 0.2) is 0 Å². The number of amides is 6. The second kappa shape index (κ2) is 7.54. The Morgan fingerprint density at radius 2 is 1.77 bits per heavy atom. The smallest absolute Gasteiger partial charge is 0.337 e. The van der Waals surface area contributed by atoms with Crippen LogP contribution >= 0.6 is 0 Å². The van der Waals surface area contributed by atoms with Crippen molar-refractivity contribution in [2.75, 3.05) is 19.7 Å². The van der Waals surface area contributed by atoms with Crippen LogP contribution in [0.5, 0.6) is 0 Å². The summed E-state index contributed by atoms with van der Waals surface area (Å²) in [5.41, 5.74) is 0.155. The molecule has 1 saturated heterocycles. The highest BCUT2D eigenvalue weighted by Crippen LogP contribution is 2.20. The Labute approximate surface area is 150 Å². The summed E-state index contributed by atoms with van der Waals surface area (Å²) >= 11 is 0. The van der Waals surface area contributed by atoms with Gasteiger partial charge in [0.05, 0.1) is 30.5 Å². The van der Waals surface area contributed by atoms with E-state index in [4.69, 9.17) is 4.74 Å². The van der Waals surface area contributed by atoms with Crippen molar-refractivity contribution in [2.45, 2.75) is 33.7 Å². The van der Waals surface area contributed by atoms with Crippen LogP contribution in [0.15, 0.2) is 11.3 Å². The van der Waals surface area contributed by atoms with Crippen molar-refractivity contribution < 1.29 is 28.7 Å². The Balaban J connectivity index is 2.33. The summed E-state index contributed by atoms with van der Waals surface area (Å²) in [6.45, 7) is 6.66. The molecule has 2 heterocycles. The topological polar surface area (TPSA) is 125 Å². The van der Waals surface area contributed by atoms with Crippen LogP contribution in [0.4, 0.5) is 9.59 Å². The molecule has 1 fully saturated rings. The summed E-state index contributed by atoms with van der Waals surface area (Å²) in [7, 11) is 0. The van der Waals surface area contributed by atoms with Crippen LogP contribution in [0.2, 0.25) is 0 Å². The summed E-state index contributed by atoms with van der Waals surface area (Å²) in [5.74, 6) is -2.60. The fourth-order valence-electron chi connectivity index (χ4n) is 2.78. The zero-order valence-corrected chi connectivity index (χ0v) is 15.1. The van der Waals surface area contributed by atoms with Gasteiger partial charge in [-0.3, -0.25) is 14.5 Å². The lowest BCUT2D eigenvalue weighted by molar-refractivity contribution is -0.143. The average molecular weight is 366 g/mol. The summed E-state index contributed by atoms with van der Waals surface area (Å²) in [5, 5.41) is 4.94. The highest BCUT2D eigenvalue weighted by molar-refractivity contribution is 6.44. The van der Waals surface area contributed by atoms with E-state index in [0.717, 1.165) is 9.80 Å². The lowest BCUT2D eigenvalue weighted by atomic mass is 10.0. The van der Waals surface area contributed by atoms with Crippen LogP contribution in [-0.2, 0) is 19.1 Å². The van der Waals surface area contributed by atoms with Crippen LogP contribution in [0.25, 0.3) is 0 Å². The van der Waals surface area contributed by atoms with Gasteiger partial charge in [-0.1, -0.05) is 13.8 Å². The van der Waals surface area contributed by atoms with Crippen molar-refractivity contribution in [3.8, 4) is 0 Å². The third-order valence-electron chi connectivity index (χ3n) is 3.86. The number of ether oxygens (including phenoxy) is 1. The van der Waals surface area contributed by atoms with Gasteiger partial charge in [-0.15, -0.1) is 0 Å². The van der Waals surface area contributed by atoms with Gasteiger partial charge in [0.25, 0.3) is 0 Å². The molecule has 10 heteroatoms. The van der Waals surface area contributed by atoms with Crippen LogP contribution in [-0.4, -0.2) is 65.4 Å². The number of carbonyl (C=O) groups excluding carboxylic acids is 5. The predicted octanol–water partition coefficient (Wildman–Crippen LogP) is -0.0483. The molecule has 1 atom stereocenters. The lowest BCUT2D eigenvalue weighted by Crippen LogP contribution is -2.51. The minimum Gasteiger partial charge on any atom is -0.463 e. The van der Waals surface area contributed by atoms with Crippen molar-refractivity contribution in [2.24, 2.45) is 5.92 Å². The molecular weight excluding hydrogens is 344 g/mol. The molecule has 2 N–H and O–H groups in total. The predicted molar refractivity (Wildman–Crippen MR) is 88.4 cm³/mol. The molecule has 142 valence electrons. The zero-order valence-electron chi connectivity index (χ0n) is 15.1. The summed E-state index contributed by atoms with van der Waals surface area (Å²) < 4.78 is 4.98. The Hall–Kier alpha value is -2.91. The number of carbonyl (C=O) groups is 5. The fraction of sp³-hybridized carbons (Fsp3) is 0.562. The molecular formula is C16H22N4O6. The molecule has 0 aromatic carbocycles. The van der Waals surface area contributed by atoms with Crippen LogP contribution in [0, 0.1) is 5.92 Å². The fourth-order valence-corrected chi connectivity index (χ4v) is 2.78. The van der Waals surface area contributed by atoms with Gasteiger partial charge in [-0.2, -0.15) is 0 Å². The van der Waals surface area contributed by atoms with Crippen molar-refractivity contribution in [1.82, 2.24) is 20.4 Å². The van der Waals surface area contributed by atoms with Gasteiger partial charge in [0.1, 0.15) is 0 Å². The van der Waals surface area contributed by atoms with E-state index in [1.165, 1.54) is 0 Å². The zero-order chi connectivity index (χ0) is 19.6. The van der Waals surface area contributed by atoms with Gasteiger partial charge in [-0.25, -0.2) is 19.3 Å². The molecule has 0 aromatic rings. The summed E-state index contributed by atoms with van der Waals surface area (Å²) in [6, 6.07) is -2.03. The molecule has 26 heavy (non-hydrogen) atoms. The Morgan fingerprint density at radius 3 is 2.35 bits per heavy atom. The van der Waals surface area contributed by atoms with E-state index in [1.807, 2.05) is 13.8 Å². The van der Waals surface area contributed by atoms with Crippen molar-refractivity contribution in [3.05, 3.63) is 11.3 Å². The molecule has 0 aromatic heterocycles. The first kappa shape index (κ1) is 19.4. The standard InChI is InChI=1S/C16H22N4O6/c1-5-26-14(23)11-9(4)17-15(24)18-10(11)7-20-13(22)12(21)19(16(20)25)6-8(2)3/h8-9H,5-7H2,1-4H3,(H2,17,18,24)/t9-/m0/s1. The third-order valence-corrected chi connectivity index (χ3v) is 3.86. The average Bonchev–Trinajstić information content (AvgIpc) is 2.72. The number of urea groups is 2. The monoisotopic (exact) mass is 366 g/mol. The van der Waals surface area contributed by atoms with Crippen molar-refractivity contribution in [3.63, 3.8) is 0 Å². The molecule has 0 aliphatic carbocycles. The molecule has 6 amide bonds. The Bertz CT molecular complexity index is 699. The first-order valence-electron chi connectivity index (χ1n) is 8.32. The summed E-state index contributed by atoms with van der Waals surface area (Å²) in [4.78, 5) is 62.2. The number of hydrogen-bond donors (Lipinski definition) is 2. The molecule has 2 aliphatic rings. The molecule has 2 aliphatic heterocycles. The first-order chi connectivity index (χ1) is 12.2. The van der Waals surface area contributed by atoms with Gasteiger partial charge in [-0.05, 0) is 19.8 Å². The molecule has 0 unspecified atom stereocenters. The van der Waals surface area contributed by atoms with Gasteiger partial charge >= 0.3 is 29.8 Å². The molecule has 0 bridgehead atoms. The van der Waals surface area contributed by atoms with Crippen LogP contribution in [0.1, 0.15) is 27.7 Å². The Morgan fingerprint density at radius 1 is 1.15 bits per heavy atom. The van der Waals surface area contributed by atoms with Gasteiger partial charge in [0, 0.05) is 6.54 Å². The lowest BCUT2D eigenvalue weighted by Gasteiger charge is -2.28. The SMILES string of the molecule is CCOC(=O)C1=C(CN2C(=O)C(=O)N(CC(C)C)C2=O)NC(=O)N[C@H]1C. The van der Waals surface area contributed by atoms with Crippen LogP contribution in [0.3, 0.4) is 0 Å². The van der Waals surface area contributed by atoms with E-state index in [1.54, 1.807) is 13.8 Å². The van der Waals surface area contributed by atoms with E-state index >= 15 is 0 Å². The van der Waals surface area contributed by atoms with E-state index in [9.17, 15) is 24.0 Å². The molecule has 0 radical (unpaired) electrons. The molecule has 2 rings (SSSR count). The molecule has 0 spiro atoms. The number of nitrogens with zero attached hydrogens (tertiary/aromatic N) is 2. The van der Waals surface area contributed by atoms with Gasteiger partial charge < -0.3 is 15.4 Å². The van der Waals surface area contributed by atoms with Crippen LogP contribution < -0.4 is 10.6 Å². The minimum absolute atomic E-state index is 0.0106. The van der Waals surface area contributed by atoms with Crippen molar-refractivity contribution in [1.29, 1.82) is 0 Å². The van der Waals surface area contributed by atoms with E-state index < -0.39 is 42.4 Å². The van der Waals surface area contributed by atoms with E-state index in [2.05, 4.69) is 10.6 Å². The molecule has 0 saturated carbocycles. The third kappa shape index (κ3) is 3.68. The van der Waals surface area contributed by atoms with Crippen molar-refractivity contribution >= 4 is 29.8 Å². The number of hydrogen-bond acceptors (Lipinski definition) is 6. The quantitative estimate of drug-likeness (QED) is 0.386. The van der Waals surface area contributed by atoms with Gasteiger partial charge in [0.2, 0.25) is 0 Å². The maximum absolute atomic E-state index is 12.4. The normalized spacial score (nSPS) is 20.7. The second-order valence-corrected chi connectivity index (χ2v) is 6.42.